The van der Waals surface area contributed by atoms with Crippen molar-refractivity contribution < 1.29 is 9.13 Å². The van der Waals surface area contributed by atoms with Crippen LogP contribution in [0.25, 0.3) is 0 Å². The van der Waals surface area contributed by atoms with Crippen LogP contribution in [0, 0.1) is 0 Å². The quantitative estimate of drug-likeness (QED) is 0.566. The maximum absolute atomic E-state index is 9.55. The second-order valence-electron chi connectivity index (χ2n) is 1.16. The number of hydrogen-bond acceptors (Lipinski definition) is 2. The van der Waals surface area contributed by atoms with Crippen LogP contribution in [0.4, 0.5) is 0 Å². The van der Waals surface area contributed by atoms with E-state index < -0.39 is 12.8 Å². The van der Waals surface area contributed by atoms with E-state index in [0.29, 0.717) is 0 Å². The molecule has 0 rings (SSSR count). The van der Waals surface area contributed by atoms with Crippen LogP contribution < -0.4 is 16.5 Å². The lowest BCUT2D eigenvalue weighted by atomic mass is 13.8. The molecule has 0 heterocycles. The molecule has 0 aromatic carbocycles. The molecule has 0 spiro atoms. The van der Waals surface area contributed by atoms with Gasteiger partial charge >= 0.3 is 5.20 Å². The van der Waals surface area contributed by atoms with E-state index in [-0.39, 0.29) is 0 Å². The van der Waals surface area contributed by atoms with Crippen LogP contribution in [-0.4, -0.2) is 0 Å². The zero-order chi connectivity index (χ0) is 9.00. The fourth-order valence-electron chi connectivity index (χ4n) is 0. The molecule has 0 fully saturated rings. The topological polar surface area (TPSA) is 112 Å². The summed E-state index contributed by atoms with van der Waals surface area (Å²) in [5.74, 6) is 0. The Bertz CT molecular complexity index is 132. The van der Waals surface area contributed by atoms with Crippen molar-refractivity contribution in [2.75, 3.05) is 0 Å². The van der Waals surface area contributed by atoms with Crippen molar-refractivity contribution in [3.05, 3.63) is 0 Å². The molecule has 0 aliphatic rings. The molecule has 0 saturated carbocycles. The molecule has 10 heteroatoms. The molecule has 0 saturated heterocycles. The van der Waals surface area contributed by atoms with Crippen molar-refractivity contribution in [2.24, 2.45) is 16.5 Å². The molecule has 10 heavy (non-hydrogen) atoms. The maximum atomic E-state index is 9.55. The van der Waals surface area contributed by atoms with Gasteiger partial charge in [0.2, 0.25) is 0 Å². The first kappa shape index (κ1) is 13.8. The normalized spacial score (nSPS) is 11.8. The van der Waals surface area contributed by atoms with Gasteiger partial charge < -0.3 is 0 Å². The number of hydrogen-bond donors (Lipinski definition) is 3. The summed E-state index contributed by atoms with van der Waals surface area (Å²) in [4.78, 5) is 0. The van der Waals surface area contributed by atoms with Gasteiger partial charge in [-0.2, -0.15) is 0 Å². The molecule has 5 nitrogen and oxygen atoms in total. The molecule has 0 aromatic heterocycles. The van der Waals surface area contributed by atoms with Crippen LogP contribution in [0.3, 0.4) is 0 Å². The van der Waals surface area contributed by atoms with Crippen LogP contribution in [0.2, 0.25) is 0 Å². The van der Waals surface area contributed by atoms with Crippen LogP contribution in [0.5, 0.6) is 0 Å². The first-order valence-electron chi connectivity index (χ1n) is 1.65. The molecule has 0 amide bonds. The smallest absolute Gasteiger partial charge is 0.272 e. The van der Waals surface area contributed by atoms with Crippen molar-refractivity contribution in [2.45, 2.75) is 0 Å². The zero-order valence-electron chi connectivity index (χ0n) is 4.58. The molecule has 0 bridgehead atoms. The summed E-state index contributed by atoms with van der Waals surface area (Å²) in [5, 5.41) is -3.22. The van der Waals surface area contributed by atoms with Crippen LogP contribution in [0.1, 0.15) is 0 Å². The van der Waals surface area contributed by atoms with Crippen LogP contribution in [0.15, 0.2) is 0 Å². The summed E-state index contributed by atoms with van der Waals surface area (Å²) in [6.07, 6.45) is 0. The number of nitrogens with two attached hydrogens (primary N) is 3. The summed E-state index contributed by atoms with van der Waals surface area (Å²) >= 11 is 13.8. The summed E-state index contributed by atoms with van der Waals surface area (Å²) in [6, 6.07) is 0. The second kappa shape index (κ2) is 4.96. The first-order chi connectivity index (χ1) is 4.00. The van der Waals surface area contributed by atoms with Gasteiger partial charge in [0.15, 0.2) is 0 Å². The van der Waals surface area contributed by atoms with E-state index in [1.165, 1.54) is 0 Å². The molecule has 0 aromatic rings. The van der Waals surface area contributed by atoms with Gasteiger partial charge in [-0.3, -0.25) is 25.6 Å². The molecular formula is H6Cl3N3O2P2. The van der Waals surface area contributed by atoms with Gasteiger partial charge in [-0.1, -0.05) is 0 Å². The Balaban J connectivity index is 0. The van der Waals surface area contributed by atoms with E-state index in [4.69, 9.17) is 0 Å². The largest absolute Gasteiger partial charge is 0.339 e. The van der Waals surface area contributed by atoms with Gasteiger partial charge in [-0.05, 0) is 33.7 Å². The van der Waals surface area contributed by atoms with Crippen LogP contribution >= 0.6 is 46.5 Å². The van der Waals surface area contributed by atoms with Gasteiger partial charge in [0.25, 0.3) is 7.59 Å². The zero-order valence-corrected chi connectivity index (χ0v) is 8.63. The third-order valence-electron chi connectivity index (χ3n) is 0. The van der Waals surface area contributed by atoms with Gasteiger partial charge in [0.05, 0.1) is 0 Å². The van der Waals surface area contributed by atoms with E-state index in [1.54, 1.807) is 0 Å². The van der Waals surface area contributed by atoms with Crippen molar-refractivity contribution >= 4 is 46.5 Å². The highest BCUT2D eigenvalue weighted by molar-refractivity contribution is 8.24. The lowest BCUT2D eigenvalue weighted by Gasteiger charge is -1.88. The van der Waals surface area contributed by atoms with Gasteiger partial charge in [-0.25, -0.2) is 0 Å². The molecule has 6 N–H and O–H groups in total. The van der Waals surface area contributed by atoms with Gasteiger partial charge in [0, 0.05) is 0 Å². The molecule has 0 aliphatic carbocycles. The highest BCUT2D eigenvalue weighted by Gasteiger charge is 2.02. The van der Waals surface area contributed by atoms with E-state index in [2.05, 4.69) is 50.2 Å². The average molecular weight is 248 g/mol. The Morgan fingerprint density at radius 1 is 0.900 bits per heavy atom. The minimum atomic E-state index is -3.22. The Hall–Kier alpha value is 1.21. The minimum Gasteiger partial charge on any atom is -0.272 e. The van der Waals surface area contributed by atoms with Crippen molar-refractivity contribution in [1.29, 1.82) is 0 Å². The standard InChI is InChI=1S/Cl3OP.H6N3OP/c2*1-5(2,3)4/h;(H6,1,2,3,4). The lowest BCUT2D eigenvalue weighted by molar-refractivity contribution is 0.577. The molecule has 0 radical (unpaired) electrons. The fraction of sp³-hybridized carbons (Fsp3) is 0. The SMILES string of the molecule is NP(N)(N)=O.O=P(Cl)(Cl)Cl. The molecule has 0 unspecified atom stereocenters. The molecule has 64 valence electrons. The van der Waals surface area contributed by atoms with Crippen molar-refractivity contribution in [1.82, 2.24) is 0 Å². The van der Waals surface area contributed by atoms with E-state index in [1.807, 2.05) is 0 Å². The van der Waals surface area contributed by atoms with Gasteiger partial charge in [-0.15, -0.1) is 0 Å². The van der Waals surface area contributed by atoms with Crippen molar-refractivity contribution in [3.63, 3.8) is 0 Å². The average Bonchev–Trinajstić information content (AvgIpc) is 1.12. The Kier molecular flexibility index (Phi) is 6.84. The second-order valence-corrected chi connectivity index (χ2v) is 9.33. The predicted octanol–water partition coefficient (Wildman–Crippen LogP) is 1.78. The molecular weight excluding hydrogens is 242 g/mol. The summed E-state index contributed by atoms with van der Waals surface area (Å²) in [5.41, 5.74) is 13.4. The molecule has 0 atom stereocenters. The highest BCUT2D eigenvalue weighted by Crippen LogP contribution is 2.61. The number of rotatable bonds is 0. The summed E-state index contributed by atoms with van der Waals surface area (Å²) in [7, 11) is -3.14. The van der Waals surface area contributed by atoms with Crippen LogP contribution in [-0.2, 0) is 9.13 Å². The maximum Gasteiger partial charge on any atom is 0.339 e. The minimum absolute atomic E-state index is 3.14. The fourth-order valence-corrected chi connectivity index (χ4v) is 0. The third-order valence-corrected chi connectivity index (χ3v) is 0. The Morgan fingerprint density at radius 3 is 0.900 bits per heavy atom. The lowest BCUT2D eigenvalue weighted by Crippen LogP contribution is -2.12. The predicted molar refractivity (Wildman–Crippen MR) is 45.3 cm³/mol. The first-order valence-corrected chi connectivity index (χ1v) is 7.98. The highest BCUT2D eigenvalue weighted by atomic mass is 36.0. The number of halogens is 3. The van der Waals surface area contributed by atoms with Gasteiger partial charge in [0.1, 0.15) is 0 Å². The third kappa shape index (κ3) is 424. The van der Waals surface area contributed by atoms with E-state index >= 15 is 0 Å². The summed E-state index contributed by atoms with van der Waals surface area (Å²) in [6.45, 7) is 0. The van der Waals surface area contributed by atoms with Crippen molar-refractivity contribution in [3.8, 4) is 0 Å². The summed E-state index contributed by atoms with van der Waals surface area (Å²) < 4.78 is 19.1. The molecule has 0 aliphatic heterocycles. The van der Waals surface area contributed by atoms with E-state index in [9.17, 15) is 9.13 Å². The van der Waals surface area contributed by atoms with E-state index in [0.717, 1.165) is 0 Å². The Labute approximate surface area is 72.4 Å². The Morgan fingerprint density at radius 2 is 0.900 bits per heavy atom. The monoisotopic (exact) mass is 247 g/mol.